The lowest BCUT2D eigenvalue weighted by atomic mass is 10.0. The molecule has 0 aliphatic carbocycles. The third kappa shape index (κ3) is 4.86. The van der Waals surface area contributed by atoms with Crippen LogP contribution < -0.4 is 0 Å². The zero-order valence-electron chi connectivity index (χ0n) is 12.8. The van der Waals surface area contributed by atoms with E-state index in [1.807, 2.05) is 32.9 Å². The summed E-state index contributed by atoms with van der Waals surface area (Å²) in [6.07, 6.45) is 0. The highest BCUT2D eigenvalue weighted by Gasteiger charge is 2.34. The molecule has 118 valence electrons. The van der Waals surface area contributed by atoms with Gasteiger partial charge in [0.1, 0.15) is 0 Å². The van der Waals surface area contributed by atoms with Gasteiger partial charge in [-0.2, -0.15) is 0 Å². The highest BCUT2D eigenvalue weighted by molar-refractivity contribution is 7.17. The molecule has 0 bridgehead atoms. The van der Waals surface area contributed by atoms with Crippen molar-refractivity contribution in [1.82, 2.24) is 0 Å². The molecule has 0 aliphatic heterocycles. The standard InChI is InChI=1S/C15H22ClO4P/c1-5-18-15(4,19-6-2)14(20-21-17)11(3)12-7-9-13(16)10-8-12/h7-10H,5-6,21H2,1-4H3. The van der Waals surface area contributed by atoms with Gasteiger partial charge in [-0.15, -0.1) is 0 Å². The van der Waals surface area contributed by atoms with Gasteiger partial charge in [-0.25, -0.2) is 0 Å². The summed E-state index contributed by atoms with van der Waals surface area (Å²) < 4.78 is 27.9. The lowest BCUT2D eigenvalue weighted by Gasteiger charge is -2.31. The molecule has 0 aliphatic rings. The lowest BCUT2D eigenvalue weighted by molar-refractivity contribution is -0.207. The quantitative estimate of drug-likeness (QED) is 0.398. The summed E-state index contributed by atoms with van der Waals surface area (Å²) in [4.78, 5) is 0. The van der Waals surface area contributed by atoms with Gasteiger partial charge in [-0.05, 0) is 45.4 Å². The van der Waals surface area contributed by atoms with E-state index in [1.54, 1.807) is 19.1 Å². The normalized spacial score (nSPS) is 13.6. The Morgan fingerprint density at radius 1 is 1.19 bits per heavy atom. The van der Waals surface area contributed by atoms with Crippen molar-refractivity contribution >= 4 is 25.9 Å². The van der Waals surface area contributed by atoms with Crippen LogP contribution in [0, 0.1) is 0 Å². The Bertz CT molecular complexity index is 493. The maximum absolute atomic E-state index is 11.1. The fourth-order valence-electron chi connectivity index (χ4n) is 2.14. The zero-order valence-corrected chi connectivity index (χ0v) is 14.7. The summed E-state index contributed by atoms with van der Waals surface area (Å²) in [6, 6.07) is 7.33. The van der Waals surface area contributed by atoms with E-state index in [-0.39, 0.29) is 0 Å². The second-order valence-electron chi connectivity index (χ2n) is 4.49. The van der Waals surface area contributed by atoms with Crippen molar-refractivity contribution in [2.24, 2.45) is 0 Å². The minimum Gasteiger partial charge on any atom is -0.445 e. The van der Waals surface area contributed by atoms with Gasteiger partial charge < -0.3 is 14.0 Å². The molecule has 1 aromatic carbocycles. The van der Waals surface area contributed by atoms with Crippen LogP contribution in [0.15, 0.2) is 30.0 Å². The molecule has 1 aromatic rings. The Hall–Kier alpha value is -0.800. The summed E-state index contributed by atoms with van der Waals surface area (Å²) in [7, 11) is -1.42. The summed E-state index contributed by atoms with van der Waals surface area (Å²) in [5.41, 5.74) is 1.72. The molecule has 21 heavy (non-hydrogen) atoms. The first-order chi connectivity index (χ1) is 9.98. The molecule has 6 heteroatoms. The third-order valence-electron chi connectivity index (χ3n) is 3.04. The summed E-state index contributed by atoms with van der Waals surface area (Å²) >= 11 is 5.90. The van der Waals surface area contributed by atoms with Crippen molar-refractivity contribution in [3.8, 4) is 0 Å². The number of ether oxygens (including phenoxy) is 2. The number of benzene rings is 1. The van der Waals surface area contributed by atoms with Crippen LogP contribution in [0.2, 0.25) is 5.02 Å². The van der Waals surface area contributed by atoms with Crippen molar-refractivity contribution in [2.75, 3.05) is 13.2 Å². The molecule has 4 nitrogen and oxygen atoms in total. The Morgan fingerprint density at radius 3 is 2.14 bits per heavy atom. The average Bonchev–Trinajstić information content (AvgIpc) is 2.45. The van der Waals surface area contributed by atoms with Gasteiger partial charge in [0.25, 0.3) is 0 Å². The first kappa shape index (κ1) is 18.2. The molecule has 1 rings (SSSR count). The predicted molar refractivity (Wildman–Crippen MR) is 87.2 cm³/mol. The van der Waals surface area contributed by atoms with E-state index in [2.05, 4.69) is 0 Å². The minimum atomic E-state index is -1.42. The fourth-order valence-corrected chi connectivity index (χ4v) is 2.75. The number of halogens is 1. The first-order valence-electron chi connectivity index (χ1n) is 6.84. The van der Waals surface area contributed by atoms with Crippen LogP contribution in [0.5, 0.6) is 0 Å². The second-order valence-corrected chi connectivity index (χ2v) is 5.35. The average molecular weight is 333 g/mol. The van der Waals surface area contributed by atoms with Gasteiger partial charge in [0, 0.05) is 23.8 Å². The first-order valence-corrected chi connectivity index (χ1v) is 8.16. The second kappa shape index (κ2) is 8.60. The van der Waals surface area contributed by atoms with Crippen LogP contribution in [0.3, 0.4) is 0 Å². The van der Waals surface area contributed by atoms with Crippen molar-refractivity contribution in [3.63, 3.8) is 0 Å². The van der Waals surface area contributed by atoms with E-state index in [4.69, 9.17) is 25.6 Å². The monoisotopic (exact) mass is 332 g/mol. The smallest absolute Gasteiger partial charge is 0.225 e. The topological polar surface area (TPSA) is 44.8 Å². The van der Waals surface area contributed by atoms with Crippen LogP contribution >= 0.6 is 20.3 Å². The molecular weight excluding hydrogens is 311 g/mol. The highest BCUT2D eigenvalue weighted by atomic mass is 35.5. The van der Waals surface area contributed by atoms with Gasteiger partial charge >= 0.3 is 0 Å². The fraction of sp³-hybridized carbons (Fsp3) is 0.467. The molecule has 1 unspecified atom stereocenters. The van der Waals surface area contributed by atoms with Crippen LogP contribution in [-0.4, -0.2) is 19.0 Å². The Balaban J connectivity index is 3.32. The number of hydrogen-bond acceptors (Lipinski definition) is 4. The van der Waals surface area contributed by atoms with Crippen LogP contribution in [0.4, 0.5) is 0 Å². The van der Waals surface area contributed by atoms with E-state index >= 15 is 0 Å². The van der Waals surface area contributed by atoms with Gasteiger partial charge in [-0.1, -0.05) is 23.7 Å². The molecular formula is C15H22ClO4P. The Labute approximate surface area is 132 Å². The van der Waals surface area contributed by atoms with Crippen molar-refractivity contribution in [3.05, 3.63) is 40.6 Å². The Morgan fingerprint density at radius 2 is 1.71 bits per heavy atom. The number of rotatable bonds is 8. The molecule has 0 heterocycles. The molecule has 0 N–H and O–H groups in total. The van der Waals surface area contributed by atoms with Crippen molar-refractivity contribution in [1.29, 1.82) is 0 Å². The third-order valence-corrected chi connectivity index (χ3v) is 3.62. The molecule has 1 atom stereocenters. The van der Waals surface area contributed by atoms with Crippen LogP contribution in [-0.2, 0) is 18.6 Å². The Kier molecular flexibility index (Phi) is 7.47. The van der Waals surface area contributed by atoms with Crippen molar-refractivity contribution in [2.45, 2.75) is 33.5 Å². The largest absolute Gasteiger partial charge is 0.445 e. The molecule has 0 fully saturated rings. The van der Waals surface area contributed by atoms with Crippen molar-refractivity contribution < 1.29 is 18.6 Å². The lowest BCUT2D eigenvalue weighted by Crippen LogP contribution is -2.36. The minimum absolute atomic E-state index is 0.429. The van der Waals surface area contributed by atoms with E-state index < -0.39 is 14.5 Å². The SMILES string of the molecule is CCOC(C)(OCC)C(O[PH2]=O)=C(C)c1ccc(Cl)cc1. The molecule has 0 amide bonds. The van der Waals surface area contributed by atoms with E-state index in [1.165, 1.54) is 0 Å². The van der Waals surface area contributed by atoms with Crippen LogP contribution in [0.25, 0.3) is 5.57 Å². The molecule has 0 saturated carbocycles. The molecule has 0 aromatic heterocycles. The van der Waals surface area contributed by atoms with E-state index in [9.17, 15) is 4.57 Å². The van der Waals surface area contributed by atoms with E-state index in [0.717, 1.165) is 11.1 Å². The maximum atomic E-state index is 11.1. The molecule has 0 radical (unpaired) electrons. The molecule has 0 spiro atoms. The van der Waals surface area contributed by atoms with Gasteiger partial charge in [0.05, 0.1) is 0 Å². The van der Waals surface area contributed by atoms with Gasteiger partial charge in [0.2, 0.25) is 14.5 Å². The summed E-state index contributed by atoms with van der Waals surface area (Å²) in [5, 5.41) is 0.654. The zero-order chi connectivity index (χ0) is 15.9. The van der Waals surface area contributed by atoms with Crippen LogP contribution in [0.1, 0.15) is 33.3 Å². The summed E-state index contributed by atoms with van der Waals surface area (Å²) in [5.74, 6) is -0.636. The summed E-state index contributed by atoms with van der Waals surface area (Å²) in [6.45, 7) is 8.29. The van der Waals surface area contributed by atoms with E-state index in [0.29, 0.717) is 24.0 Å². The molecule has 0 saturated heterocycles. The van der Waals surface area contributed by atoms with Gasteiger partial charge in [-0.3, -0.25) is 4.57 Å². The van der Waals surface area contributed by atoms with Gasteiger partial charge in [0.15, 0.2) is 5.76 Å². The maximum Gasteiger partial charge on any atom is 0.225 e. The highest BCUT2D eigenvalue weighted by Crippen LogP contribution is 2.34. The number of allylic oxidation sites excluding steroid dienone is 1. The number of hydrogen-bond donors (Lipinski definition) is 0. The predicted octanol–water partition coefficient (Wildman–Crippen LogP) is 4.55.